The van der Waals surface area contributed by atoms with Crippen LogP contribution in [0.5, 0.6) is 0 Å². The molecule has 0 amide bonds. The summed E-state index contributed by atoms with van der Waals surface area (Å²) < 4.78 is 27.6. The largest absolute Gasteiger partial charge is 0.463 e. The van der Waals surface area contributed by atoms with Crippen LogP contribution in [-0.2, 0) is 38.1 Å². The third-order valence-electron chi connectivity index (χ3n) is 4.45. The Hall–Kier alpha value is -1.67. The molecule has 0 bridgehead atoms. The Morgan fingerprint density at radius 3 is 2.15 bits per heavy atom. The van der Waals surface area contributed by atoms with Crippen LogP contribution >= 0.6 is 0 Å². The number of carbonyl (C=O) groups is 3. The van der Waals surface area contributed by atoms with Gasteiger partial charge < -0.3 is 23.7 Å². The van der Waals surface area contributed by atoms with E-state index in [1.54, 1.807) is 0 Å². The molecule has 8 heteroatoms. The number of carbonyl (C=O) groups excluding carboxylic acids is 3. The molecule has 1 aliphatic heterocycles. The lowest BCUT2D eigenvalue weighted by Gasteiger charge is -2.41. The summed E-state index contributed by atoms with van der Waals surface area (Å²) in [5, 5.41) is 0. The highest BCUT2D eigenvalue weighted by Gasteiger charge is 2.44. The first-order valence-electron chi connectivity index (χ1n) is 9.14. The number of rotatable bonds is 6. The third-order valence-corrected chi connectivity index (χ3v) is 4.45. The molecule has 0 radical (unpaired) electrons. The Kier molecular flexibility index (Phi) is 7.84. The highest BCUT2D eigenvalue weighted by Crippen LogP contribution is 2.30. The molecule has 1 saturated heterocycles. The van der Waals surface area contributed by atoms with Crippen LogP contribution in [-0.4, -0.2) is 55.2 Å². The summed E-state index contributed by atoms with van der Waals surface area (Å²) in [6, 6.07) is 0. The lowest BCUT2D eigenvalue weighted by molar-refractivity contribution is -0.278. The molecule has 2 fully saturated rings. The summed E-state index contributed by atoms with van der Waals surface area (Å²) in [5.74, 6) is -1.50. The van der Waals surface area contributed by atoms with E-state index in [1.807, 2.05) is 0 Å². The van der Waals surface area contributed by atoms with Crippen LogP contribution in [0, 0.1) is 0 Å². The van der Waals surface area contributed by atoms with Gasteiger partial charge in [-0.1, -0.05) is 19.3 Å². The molecule has 4 atom stereocenters. The van der Waals surface area contributed by atoms with Gasteiger partial charge in [0.1, 0.15) is 18.8 Å². The zero-order valence-electron chi connectivity index (χ0n) is 15.6. The Bertz CT molecular complexity index is 499. The minimum Gasteiger partial charge on any atom is -0.463 e. The van der Waals surface area contributed by atoms with E-state index in [0.29, 0.717) is 0 Å². The maximum absolute atomic E-state index is 11.5. The highest BCUT2D eigenvalue weighted by molar-refractivity contribution is 5.67. The molecular formula is C18H28O8. The van der Waals surface area contributed by atoms with Gasteiger partial charge in [-0.15, -0.1) is 0 Å². The van der Waals surface area contributed by atoms with Crippen molar-refractivity contribution < 1.29 is 38.1 Å². The lowest BCUT2D eigenvalue weighted by atomic mass is 9.97. The van der Waals surface area contributed by atoms with E-state index in [9.17, 15) is 14.4 Å². The van der Waals surface area contributed by atoms with Crippen molar-refractivity contribution in [2.75, 3.05) is 6.61 Å². The van der Waals surface area contributed by atoms with Crippen molar-refractivity contribution in [2.24, 2.45) is 0 Å². The van der Waals surface area contributed by atoms with Gasteiger partial charge in [0.05, 0.1) is 6.10 Å². The van der Waals surface area contributed by atoms with Gasteiger partial charge in [-0.2, -0.15) is 0 Å². The van der Waals surface area contributed by atoms with Crippen LogP contribution in [0.3, 0.4) is 0 Å². The van der Waals surface area contributed by atoms with Gasteiger partial charge in [-0.25, -0.2) is 0 Å². The maximum atomic E-state index is 11.5. The van der Waals surface area contributed by atoms with Crippen molar-refractivity contribution in [3.8, 4) is 0 Å². The van der Waals surface area contributed by atoms with E-state index < -0.39 is 42.5 Å². The summed E-state index contributed by atoms with van der Waals surface area (Å²) in [4.78, 5) is 34.1. The van der Waals surface area contributed by atoms with E-state index >= 15 is 0 Å². The fourth-order valence-corrected chi connectivity index (χ4v) is 3.40. The second-order valence-corrected chi connectivity index (χ2v) is 6.76. The number of ether oxygens (including phenoxy) is 5. The molecule has 0 aromatic carbocycles. The molecule has 0 aromatic rings. The number of hydrogen-bond donors (Lipinski definition) is 0. The molecule has 0 unspecified atom stereocenters. The molecule has 0 spiro atoms. The van der Waals surface area contributed by atoms with E-state index in [2.05, 4.69) is 0 Å². The van der Waals surface area contributed by atoms with Crippen LogP contribution in [0.2, 0.25) is 0 Å². The molecule has 148 valence electrons. The Balaban J connectivity index is 2.10. The zero-order chi connectivity index (χ0) is 19.1. The Morgan fingerprint density at radius 2 is 1.58 bits per heavy atom. The molecule has 8 nitrogen and oxygen atoms in total. The van der Waals surface area contributed by atoms with Gasteiger partial charge in [-0.3, -0.25) is 14.4 Å². The van der Waals surface area contributed by atoms with Gasteiger partial charge in [0, 0.05) is 27.2 Å². The number of hydrogen-bond acceptors (Lipinski definition) is 8. The summed E-state index contributed by atoms with van der Waals surface area (Å²) in [6.45, 7) is 3.72. The summed E-state index contributed by atoms with van der Waals surface area (Å²) in [5.41, 5.74) is 0. The summed E-state index contributed by atoms with van der Waals surface area (Å²) >= 11 is 0. The number of esters is 3. The van der Waals surface area contributed by atoms with Crippen LogP contribution < -0.4 is 0 Å². The van der Waals surface area contributed by atoms with E-state index in [1.165, 1.54) is 27.2 Å². The minimum atomic E-state index is -0.859. The Labute approximate surface area is 153 Å². The van der Waals surface area contributed by atoms with E-state index in [-0.39, 0.29) is 19.1 Å². The van der Waals surface area contributed by atoms with Gasteiger partial charge in [0.2, 0.25) is 0 Å². The molecule has 0 aromatic heterocycles. The van der Waals surface area contributed by atoms with Crippen LogP contribution in [0.25, 0.3) is 0 Å². The fourth-order valence-electron chi connectivity index (χ4n) is 3.40. The third kappa shape index (κ3) is 6.57. The van der Waals surface area contributed by atoms with Crippen molar-refractivity contribution in [1.82, 2.24) is 0 Å². The second kappa shape index (κ2) is 9.87. The van der Waals surface area contributed by atoms with Gasteiger partial charge in [-0.05, 0) is 12.8 Å². The average Bonchev–Trinajstić information content (AvgIpc) is 2.55. The van der Waals surface area contributed by atoms with Gasteiger partial charge in [0.15, 0.2) is 12.4 Å². The molecule has 1 saturated carbocycles. The zero-order valence-corrected chi connectivity index (χ0v) is 15.6. The smallest absolute Gasteiger partial charge is 0.303 e. The van der Waals surface area contributed by atoms with Gasteiger partial charge in [0.25, 0.3) is 0 Å². The van der Waals surface area contributed by atoms with Crippen molar-refractivity contribution in [2.45, 2.75) is 90.0 Å². The Morgan fingerprint density at radius 1 is 0.923 bits per heavy atom. The molecule has 1 aliphatic carbocycles. The SMILES string of the molecule is CC(=O)OC[C@H]1O[C@@H](OC2CCCCC2)C[C@@H](OC(C)=O)[C@@H]1OC(C)=O. The highest BCUT2D eigenvalue weighted by atomic mass is 16.7. The topological polar surface area (TPSA) is 97.4 Å². The van der Waals surface area contributed by atoms with E-state index in [4.69, 9.17) is 23.7 Å². The van der Waals surface area contributed by atoms with Crippen molar-refractivity contribution in [1.29, 1.82) is 0 Å². The maximum Gasteiger partial charge on any atom is 0.303 e. The first kappa shape index (κ1) is 20.6. The van der Waals surface area contributed by atoms with E-state index in [0.717, 1.165) is 25.7 Å². The molecule has 2 aliphatic rings. The van der Waals surface area contributed by atoms with Crippen LogP contribution in [0.4, 0.5) is 0 Å². The molecular weight excluding hydrogens is 344 g/mol. The predicted octanol–water partition coefficient (Wildman–Crippen LogP) is 1.88. The molecule has 26 heavy (non-hydrogen) atoms. The van der Waals surface area contributed by atoms with Crippen molar-refractivity contribution in [3.05, 3.63) is 0 Å². The van der Waals surface area contributed by atoms with Crippen LogP contribution in [0.1, 0.15) is 59.3 Å². The van der Waals surface area contributed by atoms with Crippen molar-refractivity contribution >= 4 is 17.9 Å². The summed E-state index contributed by atoms with van der Waals surface area (Å²) in [6.07, 6.45) is 2.71. The standard InChI is InChI=1S/C18H28O8/c1-11(19)22-10-16-18(24-13(3)21)15(23-12(2)20)9-17(26-16)25-14-7-5-4-6-8-14/h14-18H,4-10H2,1-3H3/t15-,16-,17-,18+/m1/s1. The van der Waals surface area contributed by atoms with Crippen molar-refractivity contribution in [3.63, 3.8) is 0 Å². The average molecular weight is 372 g/mol. The first-order chi connectivity index (χ1) is 12.3. The second-order valence-electron chi connectivity index (χ2n) is 6.76. The normalized spacial score (nSPS) is 29.7. The molecule has 0 N–H and O–H groups in total. The molecule has 1 heterocycles. The lowest BCUT2D eigenvalue weighted by Crippen LogP contribution is -2.54. The van der Waals surface area contributed by atoms with Gasteiger partial charge >= 0.3 is 17.9 Å². The first-order valence-corrected chi connectivity index (χ1v) is 9.14. The summed E-state index contributed by atoms with van der Waals surface area (Å²) in [7, 11) is 0. The fraction of sp³-hybridized carbons (Fsp3) is 0.833. The molecule has 2 rings (SSSR count). The quantitative estimate of drug-likeness (QED) is 0.515. The minimum absolute atomic E-state index is 0.0892. The predicted molar refractivity (Wildman–Crippen MR) is 89.0 cm³/mol. The monoisotopic (exact) mass is 372 g/mol. The van der Waals surface area contributed by atoms with Crippen LogP contribution in [0.15, 0.2) is 0 Å².